The minimum atomic E-state index is -3.63. The smallest absolute Gasteiger partial charge is 0.324 e. The third kappa shape index (κ3) is 2.69. The fourth-order valence-corrected chi connectivity index (χ4v) is 4.07. The van der Waals surface area contributed by atoms with Crippen LogP contribution >= 0.6 is 0 Å². The van der Waals surface area contributed by atoms with Crippen molar-refractivity contribution in [2.24, 2.45) is 0 Å². The molecule has 110 valence electrons. The van der Waals surface area contributed by atoms with Gasteiger partial charge in [0, 0.05) is 6.54 Å². The summed E-state index contributed by atoms with van der Waals surface area (Å²) >= 11 is 0. The lowest BCUT2D eigenvalue weighted by atomic mass is 9.90. The van der Waals surface area contributed by atoms with Gasteiger partial charge in [0.1, 0.15) is 11.4 Å². The van der Waals surface area contributed by atoms with Crippen LogP contribution in [0, 0.1) is 5.82 Å². The Morgan fingerprint density at radius 1 is 1.40 bits per heavy atom. The van der Waals surface area contributed by atoms with E-state index in [1.165, 1.54) is 31.2 Å². The molecular weight excluding hydrogens is 285 g/mol. The zero-order chi connectivity index (χ0) is 15.0. The van der Waals surface area contributed by atoms with E-state index in [2.05, 4.69) is 0 Å². The molecule has 1 unspecified atom stereocenters. The number of aryl methyl sites for hydroxylation is 1. The van der Waals surface area contributed by atoms with Crippen LogP contribution in [0.4, 0.5) is 4.39 Å². The first-order chi connectivity index (χ1) is 9.25. The number of carboxylic acids is 1. The van der Waals surface area contributed by atoms with E-state index in [1.54, 1.807) is 0 Å². The summed E-state index contributed by atoms with van der Waals surface area (Å²) in [5.41, 5.74) is -0.630. The van der Waals surface area contributed by atoms with Crippen LogP contribution in [0.5, 0.6) is 0 Å². The Balaban J connectivity index is 2.05. The maximum atomic E-state index is 12.8. The molecule has 0 radical (unpaired) electrons. The number of halogens is 1. The summed E-state index contributed by atoms with van der Waals surface area (Å²) in [5, 5.41) is 9.09. The Hall–Kier alpha value is -1.47. The Morgan fingerprint density at radius 3 is 2.45 bits per heavy atom. The van der Waals surface area contributed by atoms with Gasteiger partial charge in [-0.25, -0.2) is 12.8 Å². The number of hydrogen-bond acceptors (Lipinski definition) is 3. The van der Waals surface area contributed by atoms with E-state index < -0.39 is 21.5 Å². The molecule has 1 saturated heterocycles. The zero-order valence-corrected chi connectivity index (χ0v) is 11.9. The van der Waals surface area contributed by atoms with Gasteiger partial charge in [0.25, 0.3) is 0 Å². The number of aliphatic carboxylic acids is 1. The van der Waals surface area contributed by atoms with E-state index in [0.717, 1.165) is 4.31 Å². The number of sulfonamides is 1. The highest BCUT2D eigenvalue weighted by Gasteiger charge is 2.52. The molecule has 0 amide bonds. The van der Waals surface area contributed by atoms with Gasteiger partial charge in [0.05, 0.1) is 5.75 Å². The summed E-state index contributed by atoms with van der Waals surface area (Å²) < 4.78 is 38.1. The molecule has 0 aromatic heterocycles. The second-order valence-corrected chi connectivity index (χ2v) is 7.11. The molecule has 1 fully saturated rings. The predicted molar refractivity (Wildman–Crippen MR) is 71.3 cm³/mol. The van der Waals surface area contributed by atoms with Gasteiger partial charge in [-0.2, -0.15) is 4.31 Å². The highest BCUT2D eigenvalue weighted by Crippen LogP contribution is 2.33. The van der Waals surface area contributed by atoms with Crippen molar-refractivity contribution in [2.75, 3.05) is 12.3 Å². The Labute approximate surface area is 117 Å². The van der Waals surface area contributed by atoms with E-state index in [1.807, 2.05) is 0 Å². The fourth-order valence-electron chi connectivity index (χ4n) is 2.21. The molecule has 5 nitrogen and oxygen atoms in total. The van der Waals surface area contributed by atoms with Crippen LogP contribution < -0.4 is 0 Å². The number of rotatable bonds is 5. The summed E-state index contributed by atoms with van der Waals surface area (Å²) in [6, 6.07) is 5.59. The average molecular weight is 301 g/mol. The van der Waals surface area contributed by atoms with Gasteiger partial charge >= 0.3 is 5.97 Å². The summed E-state index contributed by atoms with van der Waals surface area (Å²) in [6.45, 7) is 1.64. The van der Waals surface area contributed by atoms with Crippen LogP contribution in [0.2, 0.25) is 0 Å². The van der Waals surface area contributed by atoms with Crippen molar-refractivity contribution in [3.8, 4) is 0 Å². The molecule has 0 bridgehead atoms. The Bertz CT molecular complexity index is 614. The summed E-state index contributed by atoms with van der Waals surface area (Å²) in [4.78, 5) is 11.1. The van der Waals surface area contributed by atoms with Gasteiger partial charge in [0.2, 0.25) is 10.0 Å². The third-order valence-electron chi connectivity index (χ3n) is 3.71. The number of carboxylic acid groups (broad SMARTS) is 1. The van der Waals surface area contributed by atoms with Crippen LogP contribution in [-0.4, -0.2) is 41.6 Å². The van der Waals surface area contributed by atoms with Crippen molar-refractivity contribution in [3.63, 3.8) is 0 Å². The van der Waals surface area contributed by atoms with E-state index in [4.69, 9.17) is 5.11 Å². The van der Waals surface area contributed by atoms with Gasteiger partial charge in [-0.1, -0.05) is 12.1 Å². The zero-order valence-electron chi connectivity index (χ0n) is 11.0. The van der Waals surface area contributed by atoms with Gasteiger partial charge in [-0.3, -0.25) is 4.79 Å². The van der Waals surface area contributed by atoms with Crippen molar-refractivity contribution in [2.45, 2.75) is 25.3 Å². The van der Waals surface area contributed by atoms with Crippen LogP contribution in [0.3, 0.4) is 0 Å². The maximum Gasteiger partial charge on any atom is 0.324 e. The quantitative estimate of drug-likeness (QED) is 0.888. The molecule has 20 heavy (non-hydrogen) atoms. The van der Waals surface area contributed by atoms with Crippen molar-refractivity contribution >= 4 is 16.0 Å². The standard InChI is InChI=1S/C13H16FNO4S/c1-13(12(16)17)7-8-15(13)20(18,19)9-6-10-2-4-11(14)5-3-10/h2-5H,6-9H2,1H3,(H,16,17). The first kappa shape index (κ1) is 14.9. The predicted octanol–water partition coefficient (Wildman–Crippen LogP) is 1.25. The highest BCUT2D eigenvalue weighted by atomic mass is 32.2. The van der Waals surface area contributed by atoms with Gasteiger partial charge in [0.15, 0.2) is 0 Å². The third-order valence-corrected chi connectivity index (χ3v) is 5.69. The lowest BCUT2D eigenvalue weighted by molar-refractivity contribution is -0.153. The number of benzene rings is 1. The highest BCUT2D eigenvalue weighted by molar-refractivity contribution is 7.89. The topological polar surface area (TPSA) is 74.7 Å². The minimum absolute atomic E-state index is 0.179. The molecule has 1 aromatic rings. The van der Waals surface area contributed by atoms with Gasteiger partial charge in [-0.05, 0) is 37.5 Å². The average Bonchev–Trinajstić information content (AvgIpc) is 2.35. The molecule has 1 N–H and O–H groups in total. The van der Waals surface area contributed by atoms with Crippen LogP contribution in [0.15, 0.2) is 24.3 Å². The lowest BCUT2D eigenvalue weighted by Gasteiger charge is -2.45. The van der Waals surface area contributed by atoms with Gasteiger partial charge in [-0.15, -0.1) is 0 Å². The molecule has 1 aliphatic heterocycles. The van der Waals surface area contributed by atoms with Crippen molar-refractivity contribution in [3.05, 3.63) is 35.6 Å². The fraction of sp³-hybridized carbons (Fsp3) is 0.462. The first-order valence-corrected chi connectivity index (χ1v) is 7.85. The SMILES string of the molecule is CC1(C(=O)O)CCN1S(=O)(=O)CCc1ccc(F)cc1. The lowest BCUT2D eigenvalue weighted by Crippen LogP contribution is -2.64. The van der Waals surface area contributed by atoms with Crippen molar-refractivity contribution < 1.29 is 22.7 Å². The normalized spacial score (nSPS) is 23.3. The molecule has 0 spiro atoms. The monoisotopic (exact) mass is 301 g/mol. The summed E-state index contributed by atoms with van der Waals surface area (Å²) in [7, 11) is -3.63. The molecule has 2 rings (SSSR count). The summed E-state index contributed by atoms with van der Waals surface area (Å²) in [6.07, 6.45) is 0.549. The van der Waals surface area contributed by atoms with E-state index in [9.17, 15) is 17.6 Å². The molecular formula is C13H16FNO4S. The van der Waals surface area contributed by atoms with Gasteiger partial charge < -0.3 is 5.11 Å². The first-order valence-electron chi connectivity index (χ1n) is 6.24. The minimum Gasteiger partial charge on any atom is -0.480 e. The second-order valence-electron chi connectivity index (χ2n) is 5.09. The van der Waals surface area contributed by atoms with Crippen LogP contribution in [-0.2, 0) is 21.2 Å². The second kappa shape index (κ2) is 5.14. The number of nitrogens with zero attached hydrogens (tertiary/aromatic N) is 1. The van der Waals surface area contributed by atoms with Crippen molar-refractivity contribution in [1.29, 1.82) is 0 Å². The molecule has 1 atom stereocenters. The molecule has 1 aliphatic rings. The molecule has 7 heteroatoms. The van der Waals surface area contributed by atoms with Crippen LogP contribution in [0.1, 0.15) is 18.9 Å². The van der Waals surface area contributed by atoms with E-state index in [-0.39, 0.29) is 24.5 Å². The van der Waals surface area contributed by atoms with E-state index >= 15 is 0 Å². The largest absolute Gasteiger partial charge is 0.480 e. The number of carbonyl (C=O) groups is 1. The molecule has 0 aliphatic carbocycles. The summed E-state index contributed by atoms with van der Waals surface area (Å²) in [5.74, 6) is -1.69. The molecule has 1 aromatic carbocycles. The van der Waals surface area contributed by atoms with Crippen molar-refractivity contribution in [1.82, 2.24) is 4.31 Å². The Kier molecular flexibility index (Phi) is 3.84. The van der Waals surface area contributed by atoms with Crippen LogP contribution in [0.25, 0.3) is 0 Å². The number of hydrogen-bond donors (Lipinski definition) is 1. The molecule has 1 heterocycles. The van der Waals surface area contributed by atoms with E-state index in [0.29, 0.717) is 12.0 Å². The maximum absolute atomic E-state index is 12.8. The molecule has 0 saturated carbocycles. The Morgan fingerprint density at radius 2 is 2.00 bits per heavy atom.